The molecule has 0 N–H and O–H groups in total. The Morgan fingerprint density at radius 1 is 0.182 bits per heavy atom. The van der Waals surface area contributed by atoms with Gasteiger partial charge < -0.3 is 28.4 Å². The van der Waals surface area contributed by atoms with Crippen LogP contribution < -0.4 is 0 Å². The summed E-state index contributed by atoms with van der Waals surface area (Å²) in [5, 5.41) is 0. The molecule has 110 heavy (non-hydrogen) atoms. The Morgan fingerprint density at radius 3 is 0.455 bits per heavy atom. The zero-order chi connectivity index (χ0) is 80.2. The minimum Gasteiger partial charge on any atom is -0.462 e. The van der Waals surface area contributed by atoms with E-state index < -0.39 is 102 Å². The normalized spacial score (nSPS) is 12.5. The molecule has 17 heteroatoms. The van der Waals surface area contributed by atoms with Gasteiger partial charge in [0.05, 0.1) is 19.8 Å². The lowest BCUT2D eigenvalue weighted by molar-refractivity contribution is -0.163. The Balaban J connectivity index is 7.00. The minimum absolute atomic E-state index is 0.110. The summed E-state index contributed by atoms with van der Waals surface area (Å²) in [5.41, 5.74) is 0. The topological polar surface area (TPSA) is 203 Å². The van der Waals surface area contributed by atoms with Crippen molar-refractivity contribution in [2.24, 2.45) is 0 Å². The molecular formula is C93H177O16P. The van der Waals surface area contributed by atoms with E-state index in [1.54, 1.807) is 0 Å². The van der Waals surface area contributed by atoms with Crippen molar-refractivity contribution >= 4 is 43.6 Å². The summed E-state index contributed by atoms with van der Waals surface area (Å²) in [6.45, 7) is 10.4. The van der Waals surface area contributed by atoms with Crippen LogP contribution in [0.4, 0.5) is 0 Å². The Hall–Kier alpha value is -3.07. The highest BCUT2D eigenvalue weighted by Crippen LogP contribution is 2.50. The van der Waals surface area contributed by atoms with Crippen LogP contribution in [0.2, 0.25) is 0 Å². The lowest BCUT2D eigenvalue weighted by atomic mass is 10.1. The number of hydrogen-bond donors (Lipinski definition) is 0. The predicted molar refractivity (Wildman–Crippen MR) is 454 cm³/mol. The molecule has 0 rings (SSSR count). The highest BCUT2D eigenvalue weighted by atomic mass is 31.2. The van der Waals surface area contributed by atoms with Crippen molar-refractivity contribution in [2.45, 2.75) is 522 Å². The van der Waals surface area contributed by atoms with Crippen molar-refractivity contribution in [3.8, 4) is 0 Å². The molecule has 0 radical (unpaired) electrons. The van der Waals surface area contributed by atoms with Crippen molar-refractivity contribution in [3.63, 3.8) is 0 Å². The molecule has 0 fully saturated rings. The van der Waals surface area contributed by atoms with E-state index in [-0.39, 0.29) is 38.5 Å². The summed E-state index contributed by atoms with van der Waals surface area (Å²) in [6, 6.07) is 0. The average Bonchev–Trinajstić information content (AvgIpc) is 0.865. The highest BCUT2D eigenvalue weighted by molar-refractivity contribution is 7.48. The maximum absolute atomic E-state index is 15.5. The van der Waals surface area contributed by atoms with Crippen LogP contribution in [0, 0.1) is 0 Å². The standard InChI is InChI=1S/C93H177O16P/c1-7-13-19-25-31-37-43-49-55-61-67-73-88(94)101-79-85(107-91(97)76-70-64-58-52-46-40-34-28-22-16-10-4)82-104-110(100,105-83-86(108-92(98)77-71-65-59-53-47-41-35-29-23-17-11-5)80-102-89(95)74-68-62-56-50-44-38-32-26-20-14-8-2)106-84-87(109-93(99)78-72-66-60-54-48-42-36-30-24-18-12-6)81-103-90(96)75-69-63-57-51-45-39-33-27-21-15-9-3/h85-87H,7-84H2,1-6H3/t85-,86-,87-/m1/s1. The van der Waals surface area contributed by atoms with Crippen molar-refractivity contribution in [3.05, 3.63) is 0 Å². The van der Waals surface area contributed by atoms with E-state index in [1.165, 1.54) is 250 Å². The fourth-order valence-electron chi connectivity index (χ4n) is 14.1. The minimum atomic E-state index is -4.92. The lowest BCUT2D eigenvalue weighted by Crippen LogP contribution is -2.32. The largest absolute Gasteiger partial charge is 0.475 e. The van der Waals surface area contributed by atoms with Gasteiger partial charge in [0.25, 0.3) is 0 Å². The van der Waals surface area contributed by atoms with Crippen molar-refractivity contribution in [1.82, 2.24) is 0 Å². The third-order valence-electron chi connectivity index (χ3n) is 21.3. The molecule has 16 nitrogen and oxygen atoms in total. The molecule has 650 valence electrons. The molecule has 0 saturated heterocycles. The molecule has 0 unspecified atom stereocenters. The quantitative estimate of drug-likeness (QED) is 0.0240. The zero-order valence-corrected chi connectivity index (χ0v) is 73.8. The predicted octanol–water partition coefficient (Wildman–Crippen LogP) is 28.7. The third-order valence-corrected chi connectivity index (χ3v) is 22.7. The highest BCUT2D eigenvalue weighted by Gasteiger charge is 2.35. The molecule has 3 atom stereocenters. The van der Waals surface area contributed by atoms with Crippen molar-refractivity contribution in [2.75, 3.05) is 39.6 Å². The van der Waals surface area contributed by atoms with E-state index in [9.17, 15) is 28.8 Å². The molecule has 0 aliphatic rings. The van der Waals surface area contributed by atoms with Gasteiger partial charge in [-0.1, -0.05) is 427 Å². The number of rotatable bonds is 90. The van der Waals surface area contributed by atoms with Crippen LogP contribution in [0.5, 0.6) is 0 Å². The number of unbranched alkanes of at least 4 members (excludes halogenated alkanes) is 60. The SMILES string of the molecule is CCCCCCCCCCCCCC(=O)OC[C@H](COP(=O)(OC[C@@H](COC(=O)CCCCCCCCCCCCC)OC(=O)CCCCCCCCCCCCC)OC[C@@H](COC(=O)CCCCCCCCCCCCC)OC(=O)CCCCCCCCCCCCC)OC(=O)CCCCCCCCCCCCC. The molecule has 0 heterocycles. The van der Waals surface area contributed by atoms with Crippen LogP contribution in [-0.4, -0.2) is 93.8 Å². The second kappa shape index (κ2) is 85.3. The Bertz CT molecular complexity index is 1850. The summed E-state index contributed by atoms with van der Waals surface area (Å²) < 4.78 is 69.4. The number of carbonyl (C=O) groups excluding carboxylic acids is 6. The summed E-state index contributed by atoms with van der Waals surface area (Å²) in [7, 11) is -4.92. The van der Waals surface area contributed by atoms with E-state index in [0.29, 0.717) is 38.5 Å². The maximum Gasteiger partial charge on any atom is 0.475 e. The van der Waals surface area contributed by atoms with E-state index in [1.807, 2.05) is 0 Å². The number of hydrogen-bond acceptors (Lipinski definition) is 16. The molecule has 0 aliphatic carbocycles. The maximum atomic E-state index is 15.5. The van der Waals surface area contributed by atoms with Crippen molar-refractivity contribution in [1.29, 1.82) is 0 Å². The third kappa shape index (κ3) is 78.8. The van der Waals surface area contributed by atoms with Gasteiger partial charge in [-0.15, -0.1) is 0 Å². The fourth-order valence-corrected chi connectivity index (χ4v) is 15.4. The summed E-state index contributed by atoms with van der Waals surface area (Å²) in [4.78, 5) is 81.6. The number of phosphoric acid groups is 1. The van der Waals surface area contributed by atoms with E-state index in [0.717, 1.165) is 135 Å². The summed E-state index contributed by atoms with van der Waals surface area (Å²) in [6.07, 6.45) is 70.9. The zero-order valence-electron chi connectivity index (χ0n) is 72.9. The van der Waals surface area contributed by atoms with Gasteiger partial charge >= 0.3 is 43.6 Å². The van der Waals surface area contributed by atoms with Gasteiger partial charge in [-0.25, -0.2) is 4.57 Å². The molecule has 0 spiro atoms. The Kier molecular flexibility index (Phi) is 82.9. The number of esters is 6. The van der Waals surface area contributed by atoms with E-state index in [2.05, 4.69) is 41.5 Å². The Labute approximate surface area is 677 Å². The molecule has 0 saturated carbocycles. The van der Waals surface area contributed by atoms with Gasteiger partial charge in [-0.3, -0.25) is 42.3 Å². The molecule has 0 aromatic heterocycles. The smallest absolute Gasteiger partial charge is 0.462 e. The fraction of sp³-hybridized carbons (Fsp3) is 0.935. The van der Waals surface area contributed by atoms with Gasteiger partial charge in [0.1, 0.15) is 19.8 Å². The number of ether oxygens (including phenoxy) is 6. The molecule has 0 aromatic carbocycles. The van der Waals surface area contributed by atoms with E-state index in [4.69, 9.17) is 42.0 Å². The molecule has 0 aromatic rings. The summed E-state index contributed by atoms with van der Waals surface area (Å²) >= 11 is 0. The molecule has 0 bridgehead atoms. The van der Waals surface area contributed by atoms with Crippen LogP contribution in [0.3, 0.4) is 0 Å². The van der Waals surface area contributed by atoms with Crippen LogP contribution in [0.25, 0.3) is 0 Å². The van der Waals surface area contributed by atoms with Gasteiger partial charge in [0.15, 0.2) is 18.3 Å². The van der Waals surface area contributed by atoms with Crippen LogP contribution in [0.15, 0.2) is 0 Å². The van der Waals surface area contributed by atoms with Gasteiger partial charge in [-0.05, 0) is 38.5 Å². The van der Waals surface area contributed by atoms with Gasteiger partial charge in [0.2, 0.25) is 0 Å². The van der Waals surface area contributed by atoms with Crippen LogP contribution in [0.1, 0.15) is 504 Å². The lowest BCUT2D eigenvalue weighted by Gasteiger charge is -2.25. The first-order valence-corrected chi connectivity index (χ1v) is 48.9. The van der Waals surface area contributed by atoms with Crippen LogP contribution in [-0.2, 0) is 75.3 Å². The first-order valence-electron chi connectivity index (χ1n) is 47.4. The molecule has 0 amide bonds. The summed E-state index contributed by atoms with van der Waals surface area (Å²) in [5.74, 6) is -2.99. The number of carbonyl (C=O) groups is 6. The second-order valence-electron chi connectivity index (χ2n) is 32.4. The second-order valence-corrected chi connectivity index (χ2v) is 34.1. The van der Waals surface area contributed by atoms with Gasteiger partial charge in [0, 0.05) is 38.5 Å². The molecule has 0 aliphatic heterocycles. The monoisotopic (exact) mass is 1580 g/mol. The first kappa shape index (κ1) is 107. The van der Waals surface area contributed by atoms with Crippen LogP contribution >= 0.6 is 7.82 Å². The average molecular weight is 1580 g/mol. The Morgan fingerprint density at radius 2 is 0.309 bits per heavy atom. The molecular weight excluding hydrogens is 1400 g/mol. The first-order chi connectivity index (χ1) is 53.8. The van der Waals surface area contributed by atoms with Crippen molar-refractivity contribution < 1.29 is 75.3 Å². The number of phosphoric ester groups is 1. The van der Waals surface area contributed by atoms with Gasteiger partial charge in [-0.2, -0.15) is 0 Å². The van der Waals surface area contributed by atoms with E-state index >= 15 is 4.57 Å².